The molecule has 1 fully saturated rings. The number of methoxy groups -OCH3 is 1. The van der Waals surface area contributed by atoms with Crippen LogP contribution in [0.3, 0.4) is 0 Å². The molecule has 0 N–H and O–H groups in total. The van der Waals surface area contributed by atoms with Gasteiger partial charge in [-0.1, -0.05) is 24.3 Å². The molecular formula is C26H29NO4S. The van der Waals surface area contributed by atoms with Crippen molar-refractivity contribution >= 4 is 17.2 Å². The molecule has 3 aromatic rings. The molecule has 5 nitrogen and oxygen atoms in total. The Kier molecular flexibility index (Phi) is 7.80. The Bertz CT molecular complexity index is 999. The molecule has 2 aromatic carbocycles. The lowest BCUT2D eigenvalue weighted by molar-refractivity contribution is 0.0507. The van der Waals surface area contributed by atoms with Crippen molar-refractivity contribution in [2.45, 2.75) is 31.9 Å². The largest absolute Gasteiger partial charge is 0.497 e. The summed E-state index contributed by atoms with van der Waals surface area (Å²) in [5.41, 5.74) is 1.65. The van der Waals surface area contributed by atoms with Gasteiger partial charge in [-0.15, -0.1) is 11.3 Å². The molecule has 0 aliphatic carbocycles. The number of benzene rings is 2. The Morgan fingerprint density at radius 1 is 1.12 bits per heavy atom. The number of hydrogen-bond acceptors (Lipinski definition) is 5. The number of hydrogen-bond donors (Lipinski definition) is 0. The standard InChI is InChI=1S/C26H29NO4S/c1-29-22-8-3-7-21(17-22)26(28)27(19-24-10-4-13-30-24)18-20-6-2-9-23(16-20)31-14-12-25-11-5-15-32-25/h2-3,5-9,11,15-17,24H,4,10,12-14,18-19H2,1H3/t24-/m0/s1. The molecule has 1 saturated heterocycles. The first-order chi connectivity index (χ1) is 15.7. The van der Waals surface area contributed by atoms with E-state index in [0.29, 0.717) is 31.0 Å². The molecule has 168 valence electrons. The summed E-state index contributed by atoms with van der Waals surface area (Å²) in [5.74, 6) is 1.47. The molecule has 0 saturated carbocycles. The second-order valence-corrected chi connectivity index (χ2v) is 8.91. The summed E-state index contributed by atoms with van der Waals surface area (Å²) in [6.07, 6.45) is 2.99. The Morgan fingerprint density at radius 3 is 2.78 bits per heavy atom. The SMILES string of the molecule is COc1cccc(C(=O)N(Cc2cccc(OCCc3cccs3)c2)C[C@@H]2CCCO2)c1. The molecule has 6 heteroatoms. The Balaban J connectivity index is 1.45. The van der Waals surface area contributed by atoms with Crippen molar-refractivity contribution in [3.05, 3.63) is 82.0 Å². The van der Waals surface area contributed by atoms with Crippen molar-refractivity contribution < 1.29 is 19.0 Å². The molecule has 1 atom stereocenters. The van der Waals surface area contributed by atoms with Crippen LogP contribution in [0.25, 0.3) is 0 Å². The molecule has 1 aliphatic rings. The average molecular weight is 452 g/mol. The van der Waals surface area contributed by atoms with E-state index in [1.807, 2.05) is 47.4 Å². The van der Waals surface area contributed by atoms with Gasteiger partial charge in [0.15, 0.2) is 0 Å². The predicted octanol–water partition coefficient (Wildman–Crippen LogP) is 5.20. The van der Waals surface area contributed by atoms with Crippen molar-refractivity contribution in [3.63, 3.8) is 0 Å². The van der Waals surface area contributed by atoms with Crippen molar-refractivity contribution in [3.8, 4) is 11.5 Å². The van der Waals surface area contributed by atoms with Crippen molar-refractivity contribution in [1.82, 2.24) is 4.90 Å². The van der Waals surface area contributed by atoms with Crippen molar-refractivity contribution in [1.29, 1.82) is 0 Å². The third-order valence-electron chi connectivity index (χ3n) is 5.52. The third kappa shape index (κ3) is 6.11. The highest BCUT2D eigenvalue weighted by Crippen LogP contribution is 2.21. The maximum Gasteiger partial charge on any atom is 0.254 e. The van der Waals surface area contributed by atoms with Gasteiger partial charge < -0.3 is 19.1 Å². The van der Waals surface area contributed by atoms with E-state index in [9.17, 15) is 4.79 Å². The molecule has 2 heterocycles. The molecule has 32 heavy (non-hydrogen) atoms. The number of nitrogens with zero attached hydrogens (tertiary/aromatic N) is 1. The quantitative estimate of drug-likeness (QED) is 0.425. The fraction of sp³-hybridized carbons (Fsp3) is 0.346. The van der Waals surface area contributed by atoms with Crippen LogP contribution in [-0.2, 0) is 17.7 Å². The van der Waals surface area contributed by atoms with Crippen LogP contribution < -0.4 is 9.47 Å². The maximum absolute atomic E-state index is 13.4. The van der Waals surface area contributed by atoms with E-state index >= 15 is 0 Å². The Morgan fingerprint density at radius 2 is 2.00 bits per heavy atom. The van der Waals surface area contributed by atoms with Crippen molar-refractivity contribution in [2.24, 2.45) is 0 Å². The van der Waals surface area contributed by atoms with Crippen LogP contribution in [0, 0.1) is 0 Å². The molecule has 0 spiro atoms. The number of rotatable bonds is 10. The maximum atomic E-state index is 13.4. The summed E-state index contributed by atoms with van der Waals surface area (Å²) in [6.45, 7) is 2.46. The fourth-order valence-corrected chi connectivity index (χ4v) is 4.56. The number of carbonyl (C=O) groups excluding carboxylic acids is 1. The van der Waals surface area contributed by atoms with E-state index < -0.39 is 0 Å². The summed E-state index contributed by atoms with van der Waals surface area (Å²) in [7, 11) is 1.61. The third-order valence-corrected chi connectivity index (χ3v) is 6.46. The Hall–Kier alpha value is -2.83. The molecule has 0 radical (unpaired) electrons. The highest BCUT2D eigenvalue weighted by molar-refractivity contribution is 7.09. The molecule has 4 rings (SSSR count). The van der Waals surface area contributed by atoms with E-state index in [1.165, 1.54) is 4.88 Å². The smallest absolute Gasteiger partial charge is 0.254 e. The van der Waals surface area contributed by atoms with Gasteiger partial charge in [0, 0.05) is 36.6 Å². The topological polar surface area (TPSA) is 48.0 Å². The highest BCUT2D eigenvalue weighted by Gasteiger charge is 2.24. The van der Waals surface area contributed by atoms with Gasteiger partial charge in [-0.25, -0.2) is 0 Å². The summed E-state index contributed by atoms with van der Waals surface area (Å²) in [6, 6.07) is 19.5. The normalized spacial score (nSPS) is 15.5. The first-order valence-corrected chi connectivity index (χ1v) is 11.9. The summed E-state index contributed by atoms with van der Waals surface area (Å²) < 4.78 is 17.1. The lowest BCUT2D eigenvalue weighted by Gasteiger charge is -2.26. The second kappa shape index (κ2) is 11.2. The fourth-order valence-electron chi connectivity index (χ4n) is 3.87. The number of carbonyl (C=O) groups is 1. The number of amides is 1. The summed E-state index contributed by atoms with van der Waals surface area (Å²) in [5, 5.41) is 2.08. The zero-order valence-electron chi connectivity index (χ0n) is 18.4. The summed E-state index contributed by atoms with van der Waals surface area (Å²) in [4.78, 5) is 16.6. The molecule has 1 amide bonds. The molecule has 1 aliphatic heterocycles. The van der Waals surface area contributed by atoms with Crippen LogP contribution >= 0.6 is 11.3 Å². The van der Waals surface area contributed by atoms with Gasteiger partial charge in [0.05, 0.1) is 19.8 Å². The number of thiophene rings is 1. The molecular weight excluding hydrogens is 422 g/mol. The zero-order chi connectivity index (χ0) is 22.2. The van der Waals surface area contributed by atoms with Gasteiger partial charge in [-0.3, -0.25) is 4.79 Å². The van der Waals surface area contributed by atoms with Crippen LogP contribution in [0.4, 0.5) is 0 Å². The van der Waals surface area contributed by atoms with E-state index in [1.54, 1.807) is 24.5 Å². The van der Waals surface area contributed by atoms with Crippen LogP contribution in [0.15, 0.2) is 66.0 Å². The first-order valence-electron chi connectivity index (χ1n) is 11.0. The zero-order valence-corrected chi connectivity index (χ0v) is 19.2. The van der Waals surface area contributed by atoms with Gasteiger partial charge in [0.1, 0.15) is 11.5 Å². The second-order valence-electron chi connectivity index (χ2n) is 7.88. The number of ether oxygens (including phenoxy) is 3. The monoisotopic (exact) mass is 451 g/mol. The van der Waals surface area contributed by atoms with Gasteiger partial charge >= 0.3 is 0 Å². The minimum atomic E-state index is -0.0246. The van der Waals surface area contributed by atoms with Gasteiger partial charge in [-0.05, 0) is 60.2 Å². The van der Waals surface area contributed by atoms with E-state index in [-0.39, 0.29) is 12.0 Å². The summed E-state index contributed by atoms with van der Waals surface area (Å²) >= 11 is 1.74. The van der Waals surface area contributed by atoms with Gasteiger partial charge in [0.2, 0.25) is 0 Å². The van der Waals surface area contributed by atoms with Crippen LogP contribution in [-0.4, -0.2) is 43.8 Å². The van der Waals surface area contributed by atoms with Crippen LogP contribution in [0.1, 0.15) is 33.6 Å². The van der Waals surface area contributed by atoms with Crippen LogP contribution in [0.2, 0.25) is 0 Å². The van der Waals surface area contributed by atoms with Gasteiger partial charge in [-0.2, -0.15) is 0 Å². The lowest BCUT2D eigenvalue weighted by Crippen LogP contribution is -2.37. The van der Waals surface area contributed by atoms with Crippen molar-refractivity contribution in [2.75, 3.05) is 26.9 Å². The Labute approximate surface area is 193 Å². The minimum absolute atomic E-state index is 0.0246. The van der Waals surface area contributed by atoms with Gasteiger partial charge in [0.25, 0.3) is 5.91 Å². The minimum Gasteiger partial charge on any atom is -0.497 e. The molecule has 0 bridgehead atoms. The molecule has 1 aromatic heterocycles. The van der Waals surface area contributed by atoms with Crippen LogP contribution in [0.5, 0.6) is 11.5 Å². The van der Waals surface area contributed by atoms with E-state index in [2.05, 4.69) is 17.5 Å². The van der Waals surface area contributed by atoms with E-state index in [4.69, 9.17) is 14.2 Å². The first kappa shape index (κ1) is 22.4. The average Bonchev–Trinajstić information content (AvgIpc) is 3.53. The predicted molar refractivity (Wildman–Crippen MR) is 127 cm³/mol. The molecule has 0 unspecified atom stereocenters. The van der Waals surface area contributed by atoms with E-state index in [0.717, 1.165) is 37.2 Å². The lowest BCUT2D eigenvalue weighted by atomic mass is 10.1. The highest BCUT2D eigenvalue weighted by atomic mass is 32.1.